The van der Waals surface area contributed by atoms with E-state index >= 15 is 0 Å². The van der Waals surface area contributed by atoms with Crippen LogP contribution in [0.25, 0.3) is 0 Å². The summed E-state index contributed by atoms with van der Waals surface area (Å²) in [6.07, 6.45) is 8.65. The molecule has 0 fully saturated rings. The van der Waals surface area contributed by atoms with Gasteiger partial charge in [0.1, 0.15) is 0 Å². The van der Waals surface area contributed by atoms with Gasteiger partial charge in [0.25, 0.3) is 0 Å². The van der Waals surface area contributed by atoms with Crippen molar-refractivity contribution >= 4 is 0 Å². The topological polar surface area (TPSA) is 12.9 Å². The molecule has 0 unspecified atom stereocenters. The summed E-state index contributed by atoms with van der Waals surface area (Å²) in [6, 6.07) is 2.25. The molecule has 0 bridgehead atoms. The van der Waals surface area contributed by atoms with E-state index in [1.807, 2.05) is 0 Å². The molecule has 0 saturated carbocycles. The summed E-state index contributed by atoms with van der Waals surface area (Å²) in [4.78, 5) is 4.33. The maximum absolute atomic E-state index is 4.33. The lowest BCUT2D eigenvalue weighted by atomic mass is 10.1. The van der Waals surface area contributed by atoms with E-state index in [1.54, 1.807) is 5.56 Å². The highest BCUT2D eigenvalue weighted by atomic mass is 14.7. The molecule has 1 heteroatoms. The lowest BCUT2D eigenvalue weighted by molar-refractivity contribution is 0.711. The second kappa shape index (κ2) is 3.26. The molecule has 0 radical (unpaired) electrons. The second-order valence-corrected chi connectivity index (χ2v) is 3.66. The van der Waals surface area contributed by atoms with Gasteiger partial charge in [0.05, 0.1) is 0 Å². The Morgan fingerprint density at radius 1 is 1.08 bits per heavy atom. The third kappa shape index (κ3) is 1.50. The first-order valence-electron chi connectivity index (χ1n) is 4.80. The molecule has 1 aromatic rings. The van der Waals surface area contributed by atoms with E-state index in [0.717, 1.165) is 5.69 Å². The zero-order valence-corrected chi connectivity index (χ0v) is 7.64. The van der Waals surface area contributed by atoms with Crippen molar-refractivity contribution in [1.29, 1.82) is 0 Å². The van der Waals surface area contributed by atoms with Crippen molar-refractivity contribution in [2.24, 2.45) is 0 Å². The molecule has 1 aliphatic rings. The van der Waals surface area contributed by atoms with E-state index < -0.39 is 0 Å². The van der Waals surface area contributed by atoms with Crippen molar-refractivity contribution in [2.45, 2.75) is 39.0 Å². The van der Waals surface area contributed by atoms with Crippen LogP contribution in [0.1, 0.15) is 36.1 Å². The quantitative estimate of drug-likeness (QED) is 0.533. The Balaban J connectivity index is 2.36. The van der Waals surface area contributed by atoms with Crippen LogP contribution < -0.4 is 0 Å². The zero-order valence-electron chi connectivity index (χ0n) is 7.64. The number of aryl methyl sites for hydroxylation is 3. The second-order valence-electron chi connectivity index (χ2n) is 3.66. The summed E-state index contributed by atoms with van der Waals surface area (Å²) in [5.41, 5.74) is 4.19. The molecule has 12 heavy (non-hydrogen) atoms. The molecule has 0 aliphatic heterocycles. The van der Waals surface area contributed by atoms with E-state index in [-0.39, 0.29) is 0 Å². The van der Waals surface area contributed by atoms with E-state index in [9.17, 15) is 0 Å². The Morgan fingerprint density at radius 3 is 2.67 bits per heavy atom. The number of fused-ring (bicyclic) bond motifs is 1. The maximum atomic E-state index is 4.33. The van der Waals surface area contributed by atoms with Gasteiger partial charge >= 0.3 is 0 Å². The van der Waals surface area contributed by atoms with Gasteiger partial charge in [-0.05, 0) is 49.8 Å². The minimum atomic E-state index is 1.16. The lowest BCUT2D eigenvalue weighted by Crippen LogP contribution is -1.93. The fourth-order valence-corrected chi connectivity index (χ4v) is 1.91. The van der Waals surface area contributed by atoms with Crippen molar-refractivity contribution in [1.82, 2.24) is 4.98 Å². The average molecular weight is 161 g/mol. The fourth-order valence-electron chi connectivity index (χ4n) is 1.91. The zero-order chi connectivity index (χ0) is 8.39. The molecule has 1 nitrogen and oxygen atoms in total. The van der Waals surface area contributed by atoms with Crippen LogP contribution in [0.4, 0.5) is 0 Å². The Morgan fingerprint density at radius 2 is 1.83 bits per heavy atom. The minimum absolute atomic E-state index is 1.16. The van der Waals surface area contributed by atoms with Gasteiger partial charge in [0.2, 0.25) is 0 Å². The van der Waals surface area contributed by atoms with Gasteiger partial charge < -0.3 is 0 Å². The third-order valence-electron chi connectivity index (χ3n) is 2.61. The summed E-state index contributed by atoms with van der Waals surface area (Å²) in [6.45, 7) is 2.07. The number of pyridine rings is 1. The van der Waals surface area contributed by atoms with Crippen molar-refractivity contribution in [3.63, 3.8) is 0 Å². The number of aromatic nitrogens is 1. The molecule has 64 valence electrons. The highest BCUT2D eigenvalue weighted by molar-refractivity contribution is 5.27. The molecule has 0 amide bonds. The predicted molar refractivity (Wildman–Crippen MR) is 50.2 cm³/mol. The van der Waals surface area contributed by atoms with Gasteiger partial charge in [0, 0.05) is 11.9 Å². The summed E-state index contributed by atoms with van der Waals surface area (Å²) < 4.78 is 0. The first-order chi connectivity index (χ1) is 5.86. The van der Waals surface area contributed by atoms with E-state index in [0.29, 0.717) is 0 Å². The molecule has 0 spiro atoms. The van der Waals surface area contributed by atoms with Gasteiger partial charge in [-0.2, -0.15) is 0 Å². The Labute approximate surface area is 73.8 Å². The number of nitrogens with zero attached hydrogens (tertiary/aromatic N) is 1. The summed E-state index contributed by atoms with van der Waals surface area (Å²) >= 11 is 0. The first-order valence-corrected chi connectivity index (χ1v) is 4.80. The van der Waals surface area contributed by atoms with Gasteiger partial charge in [-0.1, -0.05) is 6.42 Å². The molecular weight excluding hydrogens is 146 g/mol. The Kier molecular flexibility index (Phi) is 2.11. The minimum Gasteiger partial charge on any atom is -0.261 e. The van der Waals surface area contributed by atoms with Crippen molar-refractivity contribution in [2.75, 3.05) is 0 Å². The van der Waals surface area contributed by atoms with E-state index in [1.165, 1.54) is 37.7 Å². The monoisotopic (exact) mass is 161 g/mol. The third-order valence-corrected chi connectivity index (χ3v) is 2.61. The smallest absolute Gasteiger partial charge is 0.0375 e. The van der Waals surface area contributed by atoms with Crippen molar-refractivity contribution < 1.29 is 0 Å². The largest absolute Gasteiger partial charge is 0.261 e. The van der Waals surface area contributed by atoms with Crippen LogP contribution in [0.5, 0.6) is 0 Å². The van der Waals surface area contributed by atoms with Crippen LogP contribution in [-0.2, 0) is 12.8 Å². The fraction of sp³-hybridized carbons (Fsp3) is 0.545. The SMILES string of the molecule is Cc1cc2c(cn1)CCCCC2. The van der Waals surface area contributed by atoms with Gasteiger partial charge in [-0.25, -0.2) is 0 Å². The van der Waals surface area contributed by atoms with Crippen LogP contribution in [0.3, 0.4) is 0 Å². The van der Waals surface area contributed by atoms with Gasteiger partial charge in [0.15, 0.2) is 0 Å². The van der Waals surface area contributed by atoms with Crippen molar-refractivity contribution in [3.05, 3.63) is 29.1 Å². The Bertz CT molecular complexity index is 278. The molecule has 0 aromatic carbocycles. The average Bonchev–Trinajstić information content (AvgIpc) is 2.28. The molecule has 0 saturated heterocycles. The molecule has 1 aromatic heterocycles. The number of hydrogen-bond acceptors (Lipinski definition) is 1. The number of rotatable bonds is 0. The van der Waals surface area contributed by atoms with Crippen LogP contribution in [-0.4, -0.2) is 4.98 Å². The van der Waals surface area contributed by atoms with Crippen LogP contribution in [0.2, 0.25) is 0 Å². The molecular formula is C11H15N. The highest BCUT2D eigenvalue weighted by Gasteiger charge is 2.07. The molecule has 0 N–H and O–H groups in total. The Hall–Kier alpha value is -0.850. The van der Waals surface area contributed by atoms with Crippen LogP contribution >= 0.6 is 0 Å². The highest BCUT2D eigenvalue weighted by Crippen LogP contribution is 2.19. The number of hydrogen-bond donors (Lipinski definition) is 0. The molecule has 0 atom stereocenters. The summed E-state index contributed by atoms with van der Waals surface area (Å²) in [7, 11) is 0. The van der Waals surface area contributed by atoms with E-state index in [2.05, 4.69) is 24.2 Å². The van der Waals surface area contributed by atoms with Gasteiger partial charge in [-0.3, -0.25) is 4.98 Å². The van der Waals surface area contributed by atoms with Crippen LogP contribution in [0.15, 0.2) is 12.3 Å². The first kappa shape index (κ1) is 7.78. The summed E-state index contributed by atoms with van der Waals surface area (Å²) in [5.74, 6) is 0. The normalized spacial score (nSPS) is 16.8. The lowest BCUT2D eigenvalue weighted by Gasteiger charge is -2.04. The summed E-state index contributed by atoms with van der Waals surface area (Å²) in [5, 5.41) is 0. The van der Waals surface area contributed by atoms with Crippen molar-refractivity contribution in [3.8, 4) is 0 Å². The van der Waals surface area contributed by atoms with Gasteiger partial charge in [-0.15, -0.1) is 0 Å². The molecule has 2 rings (SSSR count). The van der Waals surface area contributed by atoms with E-state index in [4.69, 9.17) is 0 Å². The standard InChI is InChI=1S/C11H15N/c1-9-7-10-5-3-2-4-6-11(10)8-12-9/h7-8H,2-6H2,1H3. The molecule has 1 aliphatic carbocycles. The molecule has 1 heterocycles. The van der Waals surface area contributed by atoms with Crippen LogP contribution in [0, 0.1) is 6.92 Å². The maximum Gasteiger partial charge on any atom is 0.0375 e. The predicted octanol–water partition coefficient (Wildman–Crippen LogP) is 2.66.